The average Bonchev–Trinajstić information content (AvgIpc) is 2.43. The number of nitrogens with zero attached hydrogens (tertiary/aromatic N) is 2. The summed E-state index contributed by atoms with van der Waals surface area (Å²) in [5, 5.41) is 6.66. The lowest BCUT2D eigenvalue weighted by molar-refractivity contribution is 0.0699. The second-order valence-electron chi connectivity index (χ2n) is 5.08. The number of hydrogen-bond donors (Lipinski definition) is 2. The van der Waals surface area contributed by atoms with Gasteiger partial charge in [0.05, 0.1) is 0 Å². The predicted molar refractivity (Wildman–Crippen MR) is 77.6 cm³/mol. The van der Waals surface area contributed by atoms with Gasteiger partial charge >= 0.3 is 0 Å². The third-order valence-corrected chi connectivity index (χ3v) is 3.30. The van der Waals surface area contributed by atoms with E-state index in [4.69, 9.17) is 4.74 Å². The van der Waals surface area contributed by atoms with Crippen molar-refractivity contribution >= 4 is 11.8 Å². The molecule has 106 valence electrons. The molecule has 0 aromatic carbocycles. The Labute approximate surface area is 115 Å². The Bertz CT molecular complexity index is 391. The van der Waals surface area contributed by atoms with E-state index in [-0.39, 0.29) is 0 Å². The summed E-state index contributed by atoms with van der Waals surface area (Å²) < 4.78 is 5.37. The van der Waals surface area contributed by atoms with Crippen LogP contribution >= 0.6 is 0 Å². The van der Waals surface area contributed by atoms with Gasteiger partial charge in [-0.3, -0.25) is 0 Å². The number of ether oxygens (including phenoxy) is 1. The van der Waals surface area contributed by atoms with E-state index in [0.717, 1.165) is 63.0 Å². The van der Waals surface area contributed by atoms with Crippen LogP contribution in [0.1, 0.15) is 31.9 Å². The molecule has 0 amide bonds. The van der Waals surface area contributed by atoms with Crippen molar-refractivity contribution in [1.82, 2.24) is 9.97 Å². The van der Waals surface area contributed by atoms with Gasteiger partial charge in [-0.2, -0.15) is 4.98 Å². The van der Waals surface area contributed by atoms with Crippen LogP contribution in [-0.4, -0.2) is 36.3 Å². The lowest BCUT2D eigenvalue weighted by atomic mass is 10.0. The van der Waals surface area contributed by atoms with Gasteiger partial charge in [0.1, 0.15) is 5.82 Å². The molecule has 0 atom stereocenters. The fourth-order valence-electron chi connectivity index (χ4n) is 2.17. The van der Waals surface area contributed by atoms with Crippen LogP contribution in [0.5, 0.6) is 0 Å². The lowest BCUT2D eigenvalue weighted by Crippen LogP contribution is -2.23. The molecule has 19 heavy (non-hydrogen) atoms. The Hall–Kier alpha value is -1.36. The summed E-state index contributed by atoms with van der Waals surface area (Å²) in [5.74, 6) is 2.32. The molecule has 0 unspecified atom stereocenters. The standard InChI is InChI=1S/C14H24N4O/c1-3-6-15-14-17-11(2)9-13(18-14)16-10-12-4-7-19-8-5-12/h9,12H,3-8,10H2,1-2H3,(H2,15,16,17,18). The fourth-order valence-corrected chi connectivity index (χ4v) is 2.17. The number of nitrogens with one attached hydrogen (secondary N) is 2. The van der Waals surface area contributed by atoms with Crippen LogP contribution in [0.3, 0.4) is 0 Å². The third-order valence-electron chi connectivity index (χ3n) is 3.30. The van der Waals surface area contributed by atoms with Gasteiger partial charge in [-0.25, -0.2) is 4.98 Å². The summed E-state index contributed by atoms with van der Waals surface area (Å²) in [6, 6.07) is 2.00. The normalized spacial score (nSPS) is 16.3. The van der Waals surface area contributed by atoms with Gasteiger partial charge in [-0.05, 0) is 32.1 Å². The number of aryl methyl sites for hydroxylation is 1. The molecule has 0 bridgehead atoms. The molecule has 0 saturated carbocycles. The van der Waals surface area contributed by atoms with Crippen molar-refractivity contribution in [3.8, 4) is 0 Å². The molecule has 1 fully saturated rings. The number of anilines is 2. The predicted octanol–water partition coefficient (Wildman–Crippen LogP) is 2.45. The van der Waals surface area contributed by atoms with E-state index < -0.39 is 0 Å². The summed E-state index contributed by atoms with van der Waals surface area (Å²) in [7, 11) is 0. The first-order chi connectivity index (χ1) is 9.28. The van der Waals surface area contributed by atoms with E-state index in [1.54, 1.807) is 0 Å². The topological polar surface area (TPSA) is 59.1 Å². The molecule has 1 saturated heterocycles. The summed E-state index contributed by atoms with van der Waals surface area (Å²) in [5.41, 5.74) is 0.989. The highest BCUT2D eigenvalue weighted by Gasteiger charge is 2.13. The van der Waals surface area contributed by atoms with Crippen LogP contribution in [-0.2, 0) is 4.74 Å². The summed E-state index contributed by atoms with van der Waals surface area (Å²) in [6.07, 6.45) is 3.35. The van der Waals surface area contributed by atoms with Crippen molar-refractivity contribution in [2.24, 2.45) is 5.92 Å². The van der Waals surface area contributed by atoms with Crippen LogP contribution in [0.4, 0.5) is 11.8 Å². The van der Waals surface area contributed by atoms with Gasteiger partial charge < -0.3 is 15.4 Å². The smallest absolute Gasteiger partial charge is 0.224 e. The Morgan fingerprint density at radius 1 is 1.26 bits per heavy atom. The molecule has 1 aliphatic rings. The van der Waals surface area contributed by atoms with E-state index in [0.29, 0.717) is 5.92 Å². The molecule has 5 nitrogen and oxygen atoms in total. The van der Waals surface area contributed by atoms with Gasteiger partial charge in [-0.1, -0.05) is 6.92 Å². The molecule has 0 radical (unpaired) electrons. The zero-order valence-corrected chi connectivity index (χ0v) is 11.9. The van der Waals surface area contributed by atoms with Crippen molar-refractivity contribution in [2.75, 3.05) is 36.9 Å². The van der Waals surface area contributed by atoms with Gasteiger partial charge in [0.25, 0.3) is 0 Å². The van der Waals surface area contributed by atoms with Crippen LogP contribution in [0.15, 0.2) is 6.07 Å². The highest BCUT2D eigenvalue weighted by atomic mass is 16.5. The van der Waals surface area contributed by atoms with E-state index >= 15 is 0 Å². The molecule has 5 heteroatoms. The molecular formula is C14H24N4O. The molecule has 0 spiro atoms. The maximum atomic E-state index is 5.37. The van der Waals surface area contributed by atoms with Crippen LogP contribution < -0.4 is 10.6 Å². The van der Waals surface area contributed by atoms with Gasteiger partial charge in [-0.15, -0.1) is 0 Å². The van der Waals surface area contributed by atoms with E-state index in [1.807, 2.05) is 13.0 Å². The largest absolute Gasteiger partial charge is 0.381 e. The van der Waals surface area contributed by atoms with Crippen molar-refractivity contribution in [3.63, 3.8) is 0 Å². The molecule has 0 aliphatic carbocycles. The summed E-state index contributed by atoms with van der Waals surface area (Å²) >= 11 is 0. The first-order valence-electron chi connectivity index (χ1n) is 7.19. The third kappa shape index (κ3) is 4.67. The number of aromatic nitrogens is 2. The quantitative estimate of drug-likeness (QED) is 0.826. The van der Waals surface area contributed by atoms with Crippen LogP contribution in [0.2, 0.25) is 0 Å². The molecule has 2 N–H and O–H groups in total. The molecule has 2 heterocycles. The Kier molecular flexibility index (Phi) is 5.39. The second kappa shape index (κ2) is 7.28. The minimum absolute atomic E-state index is 0.691. The summed E-state index contributed by atoms with van der Waals surface area (Å²) in [4.78, 5) is 8.87. The van der Waals surface area contributed by atoms with Gasteiger partial charge in [0.15, 0.2) is 0 Å². The highest BCUT2D eigenvalue weighted by molar-refractivity contribution is 5.42. The fraction of sp³-hybridized carbons (Fsp3) is 0.714. The monoisotopic (exact) mass is 264 g/mol. The minimum atomic E-state index is 0.691. The average molecular weight is 264 g/mol. The van der Waals surface area contributed by atoms with E-state index in [2.05, 4.69) is 27.5 Å². The first kappa shape index (κ1) is 14.1. The molecular weight excluding hydrogens is 240 g/mol. The van der Waals surface area contributed by atoms with Crippen molar-refractivity contribution in [3.05, 3.63) is 11.8 Å². The van der Waals surface area contributed by atoms with Crippen molar-refractivity contribution < 1.29 is 4.74 Å². The highest BCUT2D eigenvalue weighted by Crippen LogP contribution is 2.16. The zero-order valence-electron chi connectivity index (χ0n) is 11.9. The molecule has 1 aromatic heterocycles. The molecule has 1 aromatic rings. The Morgan fingerprint density at radius 3 is 2.79 bits per heavy atom. The van der Waals surface area contributed by atoms with Crippen molar-refractivity contribution in [2.45, 2.75) is 33.1 Å². The second-order valence-corrected chi connectivity index (χ2v) is 5.08. The van der Waals surface area contributed by atoms with Crippen LogP contribution in [0, 0.1) is 12.8 Å². The number of hydrogen-bond acceptors (Lipinski definition) is 5. The van der Waals surface area contributed by atoms with Crippen molar-refractivity contribution in [1.29, 1.82) is 0 Å². The van der Waals surface area contributed by atoms with Gasteiger partial charge in [0, 0.05) is 38.1 Å². The maximum absolute atomic E-state index is 5.37. The molecule has 1 aliphatic heterocycles. The Balaban J connectivity index is 1.89. The Morgan fingerprint density at radius 2 is 2.05 bits per heavy atom. The van der Waals surface area contributed by atoms with E-state index in [9.17, 15) is 0 Å². The summed E-state index contributed by atoms with van der Waals surface area (Å²) in [6.45, 7) is 7.78. The minimum Gasteiger partial charge on any atom is -0.381 e. The van der Waals surface area contributed by atoms with E-state index in [1.165, 1.54) is 0 Å². The first-order valence-corrected chi connectivity index (χ1v) is 7.19. The SMILES string of the molecule is CCCNc1nc(C)cc(NCC2CCOCC2)n1. The lowest BCUT2D eigenvalue weighted by Gasteiger charge is -2.22. The zero-order chi connectivity index (χ0) is 13.5. The van der Waals surface area contributed by atoms with Crippen LogP contribution in [0.25, 0.3) is 0 Å². The molecule has 2 rings (SSSR count). The number of rotatable bonds is 6. The van der Waals surface area contributed by atoms with Gasteiger partial charge in [0.2, 0.25) is 5.95 Å². The maximum Gasteiger partial charge on any atom is 0.224 e.